The standard InChI is InChI=1S/C15H22N2O2S2/c1-2-13-5-3-4-10-17(13)21(18,19)14-8-6-12(7-9-14)11-15(16)20/h6-9,13H,2-5,10-11H2,1H3,(H2,16,20). The van der Waals surface area contributed by atoms with E-state index in [0.717, 1.165) is 31.2 Å². The molecule has 0 radical (unpaired) electrons. The minimum atomic E-state index is -3.40. The van der Waals surface area contributed by atoms with E-state index in [0.29, 0.717) is 22.8 Å². The van der Waals surface area contributed by atoms with E-state index < -0.39 is 10.0 Å². The van der Waals surface area contributed by atoms with Crippen LogP contribution in [0.25, 0.3) is 0 Å². The quantitative estimate of drug-likeness (QED) is 0.844. The molecule has 0 amide bonds. The van der Waals surface area contributed by atoms with Gasteiger partial charge in [-0.2, -0.15) is 4.31 Å². The van der Waals surface area contributed by atoms with Crippen molar-refractivity contribution in [3.8, 4) is 0 Å². The maximum Gasteiger partial charge on any atom is 0.243 e. The average Bonchev–Trinajstić information content (AvgIpc) is 2.47. The van der Waals surface area contributed by atoms with E-state index in [-0.39, 0.29) is 6.04 Å². The van der Waals surface area contributed by atoms with Crippen LogP contribution >= 0.6 is 12.2 Å². The van der Waals surface area contributed by atoms with Gasteiger partial charge < -0.3 is 5.73 Å². The first kappa shape index (κ1) is 16.4. The summed E-state index contributed by atoms with van der Waals surface area (Å²) in [5, 5.41) is 0. The van der Waals surface area contributed by atoms with Crippen molar-refractivity contribution in [3.63, 3.8) is 0 Å². The Kier molecular flexibility index (Phi) is 5.35. The average molecular weight is 326 g/mol. The number of hydrogen-bond acceptors (Lipinski definition) is 3. The van der Waals surface area contributed by atoms with Gasteiger partial charge in [-0.15, -0.1) is 0 Å². The highest BCUT2D eigenvalue weighted by Crippen LogP contribution is 2.27. The van der Waals surface area contributed by atoms with Crippen LogP contribution < -0.4 is 5.73 Å². The molecule has 2 rings (SSSR count). The van der Waals surface area contributed by atoms with Crippen molar-refractivity contribution in [3.05, 3.63) is 29.8 Å². The number of sulfonamides is 1. The lowest BCUT2D eigenvalue weighted by molar-refractivity contribution is 0.246. The Bertz CT molecular complexity index is 597. The topological polar surface area (TPSA) is 63.4 Å². The van der Waals surface area contributed by atoms with E-state index in [1.54, 1.807) is 28.6 Å². The molecule has 0 aromatic heterocycles. The van der Waals surface area contributed by atoms with Crippen LogP contribution in [0.15, 0.2) is 29.2 Å². The molecule has 1 saturated heterocycles. The molecule has 21 heavy (non-hydrogen) atoms. The first-order valence-corrected chi connectivity index (χ1v) is 9.19. The third-order valence-electron chi connectivity index (χ3n) is 3.95. The molecule has 1 fully saturated rings. The largest absolute Gasteiger partial charge is 0.393 e. The molecule has 0 saturated carbocycles. The summed E-state index contributed by atoms with van der Waals surface area (Å²) >= 11 is 4.87. The van der Waals surface area contributed by atoms with Gasteiger partial charge in [0.05, 0.1) is 9.88 Å². The Morgan fingerprint density at radius 3 is 2.57 bits per heavy atom. The third-order valence-corrected chi connectivity index (χ3v) is 6.06. The molecule has 116 valence electrons. The number of nitrogens with zero attached hydrogens (tertiary/aromatic N) is 1. The zero-order valence-corrected chi connectivity index (χ0v) is 13.9. The van der Waals surface area contributed by atoms with Gasteiger partial charge in [0.25, 0.3) is 0 Å². The van der Waals surface area contributed by atoms with Gasteiger partial charge in [0.15, 0.2) is 0 Å². The van der Waals surface area contributed by atoms with Crippen molar-refractivity contribution in [2.75, 3.05) is 6.54 Å². The smallest absolute Gasteiger partial charge is 0.243 e. The predicted octanol–water partition coefficient (Wildman–Crippen LogP) is 2.47. The minimum Gasteiger partial charge on any atom is -0.393 e. The van der Waals surface area contributed by atoms with Crippen LogP contribution in [0.3, 0.4) is 0 Å². The van der Waals surface area contributed by atoms with Crippen LogP contribution in [0.5, 0.6) is 0 Å². The lowest BCUT2D eigenvalue weighted by atomic mass is 10.0. The van der Waals surface area contributed by atoms with Crippen molar-refractivity contribution >= 4 is 27.2 Å². The van der Waals surface area contributed by atoms with Crippen molar-refractivity contribution in [2.45, 2.75) is 50.0 Å². The molecular weight excluding hydrogens is 304 g/mol. The van der Waals surface area contributed by atoms with Crippen LogP contribution in [0.1, 0.15) is 38.2 Å². The van der Waals surface area contributed by atoms with Crippen LogP contribution in [-0.2, 0) is 16.4 Å². The van der Waals surface area contributed by atoms with Gasteiger partial charge in [-0.05, 0) is 37.0 Å². The molecule has 1 unspecified atom stereocenters. The normalized spacial score (nSPS) is 20.3. The molecule has 4 nitrogen and oxygen atoms in total. The number of thiocarbonyl (C=S) groups is 1. The Morgan fingerprint density at radius 2 is 2.00 bits per heavy atom. The van der Waals surface area contributed by atoms with Crippen molar-refractivity contribution in [2.24, 2.45) is 5.73 Å². The van der Waals surface area contributed by atoms with E-state index in [4.69, 9.17) is 18.0 Å². The first-order chi connectivity index (χ1) is 9.95. The Morgan fingerprint density at radius 1 is 1.33 bits per heavy atom. The van der Waals surface area contributed by atoms with Gasteiger partial charge in [-0.1, -0.05) is 37.7 Å². The molecule has 0 aliphatic carbocycles. The molecular formula is C15H22N2O2S2. The van der Waals surface area contributed by atoms with Gasteiger partial charge in [0, 0.05) is 19.0 Å². The van der Waals surface area contributed by atoms with E-state index >= 15 is 0 Å². The second-order valence-corrected chi connectivity index (χ2v) is 7.88. The highest BCUT2D eigenvalue weighted by molar-refractivity contribution is 7.89. The summed E-state index contributed by atoms with van der Waals surface area (Å²) in [6.07, 6.45) is 4.36. The molecule has 1 aliphatic rings. The van der Waals surface area contributed by atoms with E-state index in [9.17, 15) is 8.42 Å². The Balaban J connectivity index is 2.24. The summed E-state index contributed by atoms with van der Waals surface area (Å²) in [6, 6.07) is 7.02. The number of piperidine rings is 1. The molecule has 1 heterocycles. The molecule has 0 spiro atoms. The SMILES string of the molecule is CCC1CCCCN1S(=O)(=O)c1ccc(CC(N)=S)cc1. The second-order valence-electron chi connectivity index (χ2n) is 5.46. The molecule has 1 aliphatic heterocycles. The van der Waals surface area contributed by atoms with E-state index in [1.165, 1.54) is 0 Å². The van der Waals surface area contributed by atoms with Gasteiger partial charge in [-0.3, -0.25) is 0 Å². The zero-order chi connectivity index (χ0) is 15.5. The Labute approximate surface area is 132 Å². The van der Waals surface area contributed by atoms with Crippen LogP contribution in [0, 0.1) is 0 Å². The first-order valence-electron chi connectivity index (χ1n) is 7.34. The number of hydrogen-bond donors (Lipinski definition) is 1. The number of nitrogens with two attached hydrogens (primary N) is 1. The van der Waals surface area contributed by atoms with Gasteiger partial charge in [-0.25, -0.2) is 8.42 Å². The maximum atomic E-state index is 12.8. The highest BCUT2D eigenvalue weighted by atomic mass is 32.2. The molecule has 0 bridgehead atoms. The van der Waals surface area contributed by atoms with Crippen molar-refractivity contribution < 1.29 is 8.42 Å². The number of benzene rings is 1. The molecule has 6 heteroatoms. The predicted molar refractivity (Wildman–Crippen MR) is 88.8 cm³/mol. The van der Waals surface area contributed by atoms with Gasteiger partial charge in [0.1, 0.15) is 0 Å². The summed E-state index contributed by atoms with van der Waals surface area (Å²) in [5.74, 6) is 0. The van der Waals surface area contributed by atoms with Crippen LogP contribution in [0.4, 0.5) is 0 Å². The van der Waals surface area contributed by atoms with Crippen LogP contribution in [0.2, 0.25) is 0 Å². The minimum absolute atomic E-state index is 0.125. The molecule has 1 atom stereocenters. The lowest BCUT2D eigenvalue weighted by Crippen LogP contribution is -2.43. The highest BCUT2D eigenvalue weighted by Gasteiger charge is 2.32. The van der Waals surface area contributed by atoms with E-state index in [1.807, 2.05) is 6.92 Å². The fourth-order valence-electron chi connectivity index (χ4n) is 2.81. The van der Waals surface area contributed by atoms with E-state index in [2.05, 4.69) is 0 Å². The van der Waals surface area contributed by atoms with Gasteiger partial charge >= 0.3 is 0 Å². The molecule has 1 aromatic carbocycles. The van der Waals surface area contributed by atoms with Gasteiger partial charge in [0.2, 0.25) is 10.0 Å². The fraction of sp³-hybridized carbons (Fsp3) is 0.533. The summed E-state index contributed by atoms with van der Waals surface area (Å²) in [5.41, 5.74) is 6.44. The third kappa shape index (κ3) is 3.81. The monoisotopic (exact) mass is 326 g/mol. The summed E-state index contributed by atoms with van der Waals surface area (Å²) < 4.78 is 27.2. The second kappa shape index (κ2) is 6.85. The summed E-state index contributed by atoms with van der Waals surface area (Å²) in [4.78, 5) is 0.766. The molecule has 1 aromatic rings. The Hall–Kier alpha value is -0.980. The van der Waals surface area contributed by atoms with Crippen molar-refractivity contribution in [1.29, 1.82) is 0 Å². The van der Waals surface area contributed by atoms with Crippen LogP contribution in [-0.4, -0.2) is 30.3 Å². The van der Waals surface area contributed by atoms with Crippen molar-refractivity contribution in [1.82, 2.24) is 4.31 Å². The molecule has 2 N–H and O–H groups in total. The lowest BCUT2D eigenvalue weighted by Gasteiger charge is -2.34. The number of rotatable bonds is 5. The summed E-state index contributed by atoms with van der Waals surface area (Å²) in [6.45, 7) is 2.67. The zero-order valence-electron chi connectivity index (χ0n) is 12.3. The fourth-order valence-corrected chi connectivity index (χ4v) is 4.75. The summed E-state index contributed by atoms with van der Waals surface area (Å²) in [7, 11) is -3.40. The maximum absolute atomic E-state index is 12.8.